The predicted molar refractivity (Wildman–Crippen MR) is 86.7 cm³/mol. The average molecular weight is 299 g/mol. The zero-order chi connectivity index (χ0) is 14.8. The van der Waals surface area contributed by atoms with Gasteiger partial charge in [-0.2, -0.15) is 0 Å². The molecular weight excluding hydrogens is 272 g/mol. The van der Waals surface area contributed by atoms with Gasteiger partial charge in [0.25, 0.3) is 0 Å². The van der Waals surface area contributed by atoms with E-state index >= 15 is 0 Å². The highest BCUT2D eigenvalue weighted by Crippen LogP contribution is 2.26. The summed E-state index contributed by atoms with van der Waals surface area (Å²) >= 11 is 6.27. The molecule has 1 aromatic rings. The summed E-state index contributed by atoms with van der Waals surface area (Å²) in [5.74, 6) is 0.897. The Labute approximate surface area is 128 Å². The van der Waals surface area contributed by atoms with Gasteiger partial charge in [0.05, 0.1) is 0 Å². The zero-order valence-electron chi connectivity index (χ0n) is 12.9. The Morgan fingerprint density at radius 3 is 2.60 bits per heavy atom. The fourth-order valence-electron chi connectivity index (χ4n) is 2.06. The third kappa shape index (κ3) is 5.70. The lowest BCUT2D eigenvalue weighted by atomic mass is 10.2. The minimum absolute atomic E-state index is 0.697. The average Bonchev–Trinajstić information content (AvgIpc) is 2.46. The molecule has 0 aromatic heterocycles. The molecular formula is C16H27ClN2O. The predicted octanol–water partition coefficient (Wildman–Crippen LogP) is 3.56. The molecule has 0 amide bonds. The van der Waals surface area contributed by atoms with Crippen molar-refractivity contribution in [1.29, 1.82) is 0 Å². The van der Waals surface area contributed by atoms with Crippen LogP contribution in [0.15, 0.2) is 18.2 Å². The summed E-state index contributed by atoms with van der Waals surface area (Å²) in [5, 5.41) is 4.15. The van der Waals surface area contributed by atoms with Crippen LogP contribution in [0.2, 0.25) is 5.02 Å². The number of hydrogen-bond acceptors (Lipinski definition) is 3. The highest BCUT2D eigenvalue weighted by Gasteiger charge is 2.08. The largest absolute Gasteiger partial charge is 0.492 e. The normalized spacial score (nSPS) is 11.1. The standard InChI is InChI=1S/C16H27ClN2O/c1-4-10-18-13-14-15(17)8-7-9-16(14)20-12-11-19(5-2)6-3/h7-9,18H,4-6,10-13H2,1-3H3. The van der Waals surface area contributed by atoms with Gasteiger partial charge in [-0.25, -0.2) is 0 Å². The molecule has 1 rings (SSSR count). The van der Waals surface area contributed by atoms with Crippen LogP contribution in [0, 0.1) is 0 Å². The second kappa shape index (κ2) is 10.0. The quantitative estimate of drug-likeness (QED) is 0.669. The lowest BCUT2D eigenvalue weighted by Crippen LogP contribution is -2.28. The molecule has 0 heterocycles. The van der Waals surface area contributed by atoms with E-state index in [1.165, 1.54) is 0 Å². The van der Waals surface area contributed by atoms with Gasteiger partial charge >= 0.3 is 0 Å². The Morgan fingerprint density at radius 1 is 1.20 bits per heavy atom. The first-order valence-electron chi connectivity index (χ1n) is 7.56. The van der Waals surface area contributed by atoms with Crippen molar-refractivity contribution in [3.8, 4) is 5.75 Å². The molecule has 0 unspecified atom stereocenters. The maximum absolute atomic E-state index is 6.27. The molecule has 0 spiro atoms. The Morgan fingerprint density at radius 2 is 1.95 bits per heavy atom. The Balaban J connectivity index is 2.57. The van der Waals surface area contributed by atoms with Crippen molar-refractivity contribution in [3.63, 3.8) is 0 Å². The first-order chi connectivity index (χ1) is 9.72. The number of hydrogen-bond donors (Lipinski definition) is 1. The highest BCUT2D eigenvalue weighted by molar-refractivity contribution is 6.31. The lowest BCUT2D eigenvalue weighted by molar-refractivity contribution is 0.221. The van der Waals surface area contributed by atoms with Gasteiger partial charge in [0, 0.05) is 23.7 Å². The molecule has 0 bridgehead atoms. The Bertz CT molecular complexity index is 381. The minimum atomic E-state index is 0.697. The molecule has 114 valence electrons. The van der Waals surface area contributed by atoms with Crippen LogP contribution in [0.1, 0.15) is 32.8 Å². The third-order valence-electron chi connectivity index (χ3n) is 3.36. The number of nitrogens with zero attached hydrogens (tertiary/aromatic N) is 1. The smallest absolute Gasteiger partial charge is 0.125 e. The van der Waals surface area contributed by atoms with Gasteiger partial charge in [-0.3, -0.25) is 0 Å². The van der Waals surface area contributed by atoms with Crippen molar-refractivity contribution in [2.75, 3.05) is 32.8 Å². The van der Waals surface area contributed by atoms with E-state index in [2.05, 4.69) is 31.0 Å². The topological polar surface area (TPSA) is 24.5 Å². The molecule has 0 fully saturated rings. The number of rotatable bonds is 10. The SMILES string of the molecule is CCCNCc1c(Cl)cccc1OCCN(CC)CC. The van der Waals surface area contributed by atoms with Crippen LogP contribution < -0.4 is 10.1 Å². The highest BCUT2D eigenvalue weighted by atomic mass is 35.5. The summed E-state index contributed by atoms with van der Waals surface area (Å²) < 4.78 is 5.92. The van der Waals surface area contributed by atoms with E-state index in [9.17, 15) is 0 Å². The van der Waals surface area contributed by atoms with Gasteiger partial charge in [-0.15, -0.1) is 0 Å². The molecule has 3 nitrogen and oxygen atoms in total. The molecule has 0 aliphatic rings. The molecule has 0 aliphatic carbocycles. The first kappa shape index (κ1) is 17.3. The van der Waals surface area contributed by atoms with Crippen LogP contribution in [-0.2, 0) is 6.54 Å². The fraction of sp³-hybridized carbons (Fsp3) is 0.625. The van der Waals surface area contributed by atoms with E-state index in [1.807, 2.05) is 18.2 Å². The van der Waals surface area contributed by atoms with Gasteiger partial charge in [-0.05, 0) is 38.2 Å². The molecule has 1 N–H and O–H groups in total. The number of likely N-dealkylation sites (N-methyl/N-ethyl adjacent to an activating group) is 1. The van der Waals surface area contributed by atoms with Crippen molar-refractivity contribution in [2.24, 2.45) is 0 Å². The number of halogens is 1. The summed E-state index contributed by atoms with van der Waals surface area (Å²) in [6, 6.07) is 5.86. The molecule has 20 heavy (non-hydrogen) atoms. The fourth-order valence-corrected chi connectivity index (χ4v) is 2.29. The van der Waals surface area contributed by atoms with Crippen LogP contribution in [0.3, 0.4) is 0 Å². The molecule has 0 radical (unpaired) electrons. The van der Waals surface area contributed by atoms with Crippen LogP contribution in [0.4, 0.5) is 0 Å². The third-order valence-corrected chi connectivity index (χ3v) is 3.72. The molecule has 0 atom stereocenters. The van der Waals surface area contributed by atoms with Gasteiger partial charge in [0.1, 0.15) is 12.4 Å². The second-order valence-corrected chi connectivity index (χ2v) is 5.18. The first-order valence-corrected chi connectivity index (χ1v) is 7.93. The van der Waals surface area contributed by atoms with Gasteiger partial charge in [0.2, 0.25) is 0 Å². The van der Waals surface area contributed by atoms with Gasteiger partial charge in [0.15, 0.2) is 0 Å². The van der Waals surface area contributed by atoms with E-state index < -0.39 is 0 Å². The van der Waals surface area contributed by atoms with Gasteiger partial charge in [-0.1, -0.05) is 38.4 Å². The van der Waals surface area contributed by atoms with Crippen molar-refractivity contribution in [2.45, 2.75) is 33.7 Å². The lowest BCUT2D eigenvalue weighted by Gasteiger charge is -2.19. The van der Waals surface area contributed by atoms with Crippen molar-refractivity contribution >= 4 is 11.6 Å². The van der Waals surface area contributed by atoms with Crippen LogP contribution in [0.25, 0.3) is 0 Å². The summed E-state index contributed by atoms with van der Waals surface area (Å²) in [4.78, 5) is 2.35. The Kier molecular flexibility index (Phi) is 8.67. The van der Waals surface area contributed by atoms with Crippen LogP contribution >= 0.6 is 11.6 Å². The maximum Gasteiger partial charge on any atom is 0.125 e. The summed E-state index contributed by atoms with van der Waals surface area (Å²) in [5.41, 5.74) is 1.06. The van der Waals surface area contributed by atoms with E-state index in [-0.39, 0.29) is 0 Å². The van der Waals surface area contributed by atoms with E-state index in [0.717, 1.165) is 55.5 Å². The molecule has 4 heteroatoms. The second-order valence-electron chi connectivity index (χ2n) is 4.77. The summed E-state index contributed by atoms with van der Waals surface area (Å²) in [7, 11) is 0. The molecule has 0 aliphatic heterocycles. The molecule has 0 saturated heterocycles. The monoisotopic (exact) mass is 298 g/mol. The molecule has 1 aromatic carbocycles. The Hall–Kier alpha value is -0.770. The van der Waals surface area contributed by atoms with Crippen molar-refractivity contribution in [1.82, 2.24) is 10.2 Å². The van der Waals surface area contributed by atoms with Crippen molar-refractivity contribution < 1.29 is 4.74 Å². The number of benzene rings is 1. The van der Waals surface area contributed by atoms with Crippen LogP contribution in [0.5, 0.6) is 5.75 Å². The number of ether oxygens (including phenoxy) is 1. The zero-order valence-corrected chi connectivity index (χ0v) is 13.7. The van der Waals surface area contributed by atoms with Crippen molar-refractivity contribution in [3.05, 3.63) is 28.8 Å². The maximum atomic E-state index is 6.27. The van der Waals surface area contributed by atoms with Gasteiger partial charge < -0.3 is 15.0 Å². The van der Waals surface area contributed by atoms with E-state index in [1.54, 1.807) is 0 Å². The summed E-state index contributed by atoms with van der Waals surface area (Å²) in [6.45, 7) is 12.0. The number of nitrogens with one attached hydrogen (secondary N) is 1. The summed E-state index contributed by atoms with van der Waals surface area (Å²) in [6.07, 6.45) is 1.11. The van der Waals surface area contributed by atoms with E-state index in [0.29, 0.717) is 6.61 Å². The molecule has 0 saturated carbocycles. The minimum Gasteiger partial charge on any atom is -0.492 e. The van der Waals surface area contributed by atoms with E-state index in [4.69, 9.17) is 16.3 Å². The van der Waals surface area contributed by atoms with Crippen LogP contribution in [-0.4, -0.2) is 37.7 Å².